The molecule has 2 fully saturated rings. The van der Waals surface area contributed by atoms with Gasteiger partial charge in [-0.25, -0.2) is 0 Å². The van der Waals surface area contributed by atoms with Crippen LogP contribution in [0.3, 0.4) is 0 Å². The Morgan fingerprint density at radius 2 is 1.22 bits per heavy atom. The number of fused-ring (bicyclic) bond motifs is 2. The van der Waals surface area contributed by atoms with Crippen molar-refractivity contribution in [1.29, 1.82) is 0 Å². The highest BCUT2D eigenvalue weighted by molar-refractivity contribution is 7.99. The number of nitrogens with one attached hydrogen (secondary N) is 13. The fraction of sp³-hybridized carbons (Fsp3) is 0.418. The van der Waals surface area contributed by atoms with Gasteiger partial charge in [0, 0.05) is 127 Å². The predicted molar refractivity (Wildman–Crippen MR) is 485 cm³/mol. The van der Waals surface area contributed by atoms with Crippen molar-refractivity contribution in [3.05, 3.63) is 168 Å². The summed E-state index contributed by atoms with van der Waals surface area (Å²) in [5.41, 5.74) is 24.3. The van der Waals surface area contributed by atoms with Gasteiger partial charge in [-0.15, -0.1) is 0 Å². The third-order valence-corrected chi connectivity index (χ3v) is 23.2. The number of aliphatic carboxylic acids is 1. The van der Waals surface area contributed by atoms with Crippen LogP contribution in [0.15, 0.2) is 146 Å². The van der Waals surface area contributed by atoms with E-state index in [2.05, 4.69) is 73.8 Å². The van der Waals surface area contributed by atoms with Gasteiger partial charge in [0.2, 0.25) is 94.5 Å². The average molecular weight is 1860 g/mol. The SMILES string of the molecule is CC(=O)CN(C)C(=O)[C@H](Cc1cccnc1)NC(=O)[C@H](CC(N)=O)NC(=O)[C@H](CCC(=O)O)NC(=O)C1(NC(=O)[C@H](Cc2ccc3ccccc3c2)NC(=O)[C@H](Cc2ccc(OCCN)cc2)NC(=O)[C@@H]2CSCC[C@H](NC(C)=O)C(=O)N[C@@H](CCC(N)=O)C(=O)N[C@@H]([C@@H](C)O)C(=O)N[C@@H](Cc3c[nH]c4c(-c5ccccc5)cccc34)C(=O)N[C@@H](CCC(N)=O)C(=O)N2)CCOCC1. The second kappa shape index (κ2) is 49.7. The largest absolute Gasteiger partial charge is 0.492 e. The first kappa shape index (κ1) is 102. The van der Waals surface area contributed by atoms with Gasteiger partial charge in [-0.05, 0) is 102 Å². The van der Waals surface area contributed by atoms with Crippen LogP contribution in [0.5, 0.6) is 5.75 Å². The third kappa shape index (κ3) is 31.0. The lowest BCUT2D eigenvalue weighted by molar-refractivity contribution is -0.142. The number of H-pyrrole nitrogens is 1. The number of carboxylic acids is 1. The highest BCUT2D eigenvalue weighted by Crippen LogP contribution is 2.31. The molecule has 133 heavy (non-hydrogen) atoms. The molecule has 2 aromatic heterocycles. The van der Waals surface area contributed by atoms with Crippen LogP contribution in [0.1, 0.15) is 107 Å². The molecule has 9 rings (SSSR count). The maximum Gasteiger partial charge on any atom is 0.303 e. The van der Waals surface area contributed by atoms with Crippen molar-refractivity contribution in [2.75, 3.05) is 51.5 Å². The van der Waals surface area contributed by atoms with Gasteiger partial charge in [0.15, 0.2) is 0 Å². The Bertz CT molecular complexity index is 5370. The minimum Gasteiger partial charge on any atom is -0.492 e. The van der Waals surface area contributed by atoms with Crippen LogP contribution in [0.4, 0.5) is 0 Å². The minimum atomic E-state index is -2.09. The molecule has 41 nitrogen and oxygen atoms in total. The van der Waals surface area contributed by atoms with Gasteiger partial charge in [0.1, 0.15) is 90.1 Å². The van der Waals surface area contributed by atoms with Gasteiger partial charge in [-0.3, -0.25) is 91.3 Å². The summed E-state index contributed by atoms with van der Waals surface area (Å²) in [7, 11) is 1.31. The number of hydrogen-bond donors (Lipinski definition) is 19. The Kier molecular flexibility index (Phi) is 38.3. The van der Waals surface area contributed by atoms with Crippen molar-refractivity contribution < 1.29 is 106 Å². The zero-order valence-corrected chi connectivity index (χ0v) is 74.6. The summed E-state index contributed by atoms with van der Waals surface area (Å²) in [6.07, 6.45) is -4.15. The van der Waals surface area contributed by atoms with E-state index in [0.717, 1.165) is 47.0 Å². The standard InChI is InChI=1S/C91H113N19O22S/c1-50(111)48-110(4)89(129)71(43-55-12-11-35-96-46-55)105-85(125)70(45-75(95)116)103-80(120)65(27-30-76(117)118)107-90(130)91(32-36-131-37-33-91)109-87(127)68(42-54-19-22-56-13-8-9-16-58(56)40-54)102-83(123)67(41-53-20-23-60(24-21-53)132-38-34-92)101-86(126)72-49-133-39-31-66(98-52(3)113)81(121)99-64(26-29-74(94)115)82(122)108-77(51(2)112)88(128)104-69(84(124)100-63(79(119)106-72)25-28-73(93)114)44-59-47-97-78-61(17-10-18-62(59)78)57-14-6-5-7-15-57/h5-24,35,40,46-47,51,63-72,77,97,112H,25-34,36-39,41-45,48-49,92H2,1-4H3,(H2,93,114)(H2,94,115)(H2,95,116)(H,98,113)(H,99,121)(H,100,124)(H,101,126)(H,102,123)(H,103,120)(H,104,128)(H,105,125)(H,106,119)(H,107,130)(H,108,122)(H,109,127)(H,117,118)/t51-,63+,64+,65+,66+,67+,68+,69+,70+,71+,72+,77+/m1/s1. The molecule has 4 heterocycles. The molecule has 16 amide bonds. The number of thioether (sulfide) groups is 1. The molecule has 0 aliphatic carbocycles. The van der Waals surface area contributed by atoms with Crippen LogP contribution in [-0.2, 0) is 117 Å². The number of primary amides is 3. The van der Waals surface area contributed by atoms with Crippen LogP contribution >= 0.6 is 11.8 Å². The summed E-state index contributed by atoms with van der Waals surface area (Å²) in [6, 6.07) is 17.1. The van der Waals surface area contributed by atoms with Crippen molar-refractivity contribution >= 4 is 140 Å². The number of pyridine rings is 1. The number of carbonyl (C=O) groups is 18. The third-order valence-electron chi connectivity index (χ3n) is 22.1. The molecule has 23 N–H and O–H groups in total. The summed E-state index contributed by atoms with van der Waals surface area (Å²) in [5.74, 6) is -18.9. The van der Waals surface area contributed by atoms with Gasteiger partial charge >= 0.3 is 5.97 Å². The van der Waals surface area contributed by atoms with E-state index in [1.807, 2.05) is 42.5 Å². The van der Waals surface area contributed by atoms with Gasteiger partial charge in [-0.1, -0.05) is 109 Å². The molecule has 0 bridgehead atoms. The number of benzene rings is 5. The lowest BCUT2D eigenvalue weighted by Crippen LogP contribution is -2.67. The molecule has 0 saturated carbocycles. The smallest absolute Gasteiger partial charge is 0.303 e. The van der Waals surface area contributed by atoms with E-state index in [1.165, 1.54) is 26.4 Å². The van der Waals surface area contributed by atoms with Crippen molar-refractivity contribution in [3.63, 3.8) is 0 Å². The molecular weight excluding hydrogens is 1740 g/mol. The fourth-order valence-corrected chi connectivity index (χ4v) is 16.2. The summed E-state index contributed by atoms with van der Waals surface area (Å²) < 4.78 is 11.5. The van der Waals surface area contributed by atoms with Gasteiger partial charge in [0.05, 0.1) is 24.6 Å². The Balaban J connectivity index is 1.08. The second-order valence-corrected chi connectivity index (χ2v) is 33.8. The summed E-state index contributed by atoms with van der Waals surface area (Å²) in [4.78, 5) is 264. The Hall–Kier alpha value is -14.3. The number of nitrogens with zero attached hydrogens (tertiary/aromatic N) is 2. The average Bonchev–Trinajstić information content (AvgIpc) is 1.69. The Labute approximate surface area is 768 Å². The predicted octanol–water partition coefficient (Wildman–Crippen LogP) is -2.15. The van der Waals surface area contributed by atoms with Crippen LogP contribution in [0, 0.1) is 0 Å². The first-order chi connectivity index (χ1) is 63.5. The fourth-order valence-electron chi connectivity index (χ4n) is 15.2. The minimum absolute atomic E-state index is 0.0980. The zero-order chi connectivity index (χ0) is 96.6. The molecule has 0 unspecified atom stereocenters. The molecule has 12 atom stereocenters. The lowest BCUT2D eigenvalue weighted by Gasteiger charge is -2.38. The number of aliphatic hydroxyl groups is 1. The van der Waals surface area contributed by atoms with E-state index < -0.39 is 241 Å². The lowest BCUT2D eigenvalue weighted by atomic mass is 9.87. The van der Waals surface area contributed by atoms with E-state index in [0.29, 0.717) is 44.3 Å². The number of Topliss-reactive ketones (excluding diaryl/α,β-unsaturated/α-hetero) is 1. The zero-order valence-electron chi connectivity index (χ0n) is 73.8. The number of likely N-dealkylation sites (N-methyl/N-ethyl adjacent to an activating group) is 1. The number of ether oxygens (including phenoxy) is 2. The number of para-hydroxylation sites is 1. The second-order valence-electron chi connectivity index (χ2n) is 32.6. The number of nitrogens with two attached hydrogens (primary N) is 4. The van der Waals surface area contributed by atoms with Crippen molar-refractivity contribution in [1.82, 2.24) is 78.7 Å². The summed E-state index contributed by atoms with van der Waals surface area (Å²) in [6.45, 7) is 2.89. The number of hydrogen-bond acceptors (Lipinski definition) is 24. The Morgan fingerprint density at radius 1 is 0.617 bits per heavy atom. The topological polar surface area (TPSA) is 647 Å². The molecule has 2 saturated heterocycles. The first-order valence-corrected chi connectivity index (χ1v) is 44.3. The van der Waals surface area contributed by atoms with Crippen molar-refractivity contribution in [2.45, 2.75) is 189 Å². The first-order valence-electron chi connectivity index (χ1n) is 43.2. The number of carboxylic acid groups (broad SMARTS) is 1. The number of ketones is 1. The van der Waals surface area contributed by atoms with Crippen LogP contribution in [0.25, 0.3) is 32.8 Å². The Morgan fingerprint density at radius 3 is 1.86 bits per heavy atom. The summed E-state index contributed by atoms with van der Waals surface area (Å²) >= 11 is 0.910. The molecule has 2 aliphatic heterocycles. The van der Waals surface area contributed by atoms with Gasteiger partial charge in [-0.2, -0.15) is 11.8 Å². The van der Waals surface area contributed by atoms with Crippen LogP contribution in [-0.4, -0.2) is 261 Å². The van der Waals surface area contributed by atoms with E-state index in [9.17, 15) is 67.7 Å². The molecule has 0 radical (unpaired) electrons. The quantitative estimate of drug-likeness (QED) is 0.0195. The summed E-state index contributed by atoms with van der Waals surface area (Å²) in [5, 5.41) is 54.4. The van der Waals surface area contributed by atoms with Crippen molar-refractivity contribution in [2.24, 2.45) is 22.9 Å². The molecule has 5 aromatic carbocycles. The number of rotatable bonds is 40. The molecular formula is C91H113N19O22S. The molecule has 0 spiro atoms. The maximum atomic E-state index is 15.9. The van der Waals surface area contributed by atoms with Crippen LogP contribution in [0.2, 0.25) is 0 Å². The number of carbonyl (C=O) groups excluding carboxylic acids is 17. The number of amides is 16. The maximum absolute atomic E-state index is 15.9. The van der Waals surface area contributed by atoms with E-state index in [1.54, 1.807) is 91.1 Å². The molecule has 710 valence electrons. The molecule has 7 aromatic rings. The highest BCUT2D eigenvalue weighted by atomic mass is 32.2. The van der Waals surface area contributed by atoms with Crippen molar-refractivity contribution in [3.8, 4) is 16.9 Å². The number of aliphatic hydroxyl groups excluding tert-OH is 1. The van der Waals surface area contributed by atoms with E-state index >= 15 is 28.8 Å². The van der Waals surface area contributed by atoms with E-state index in [-0.39, 0.29) is 77.2 Å². The molecule has 42 heteroatoms. The van der Waals surface area contributed by atoms with E-state index in [4.69, 9.17) is 32.4 Å². The normalized spacial score (nSPS) is 18.8. The van der Waals surface area contributed by atoms with Gasteiger partial charge < -0.3 is 116 Å². The monoisotopic (exact) mass is 1860 g/mol. The molecule has 2 aliphatic rings. The van der Waals surface area contributed by atoms with Gasteiger partial charge in [0.25, 0.3) is 0 Å². The number of aromatic nitrogens is 2. The van der Waals surface area contributed by atoms with Crippen LogP contribution < -0.4 is 91.5 Å². The highest BCUT2D eigenvalue weighted by Gasteiger charge is 2.46. The number of aromatic amines is 1.